The van der Waals surface area contributed by atoms with E-state index >= 15 is 0 Å². The third kappa shape index (κ3) is 1.87. The maximum Gasteiger partial charge on any atom is 0.104 e. The normalized spacial score (nSPS) is 7.70. The Morgan fingerprint density at radius 3 is 2.50 bits per heavy atom. The largest absolute Gasteiger partial charge is 0.104 e. The molecule has 48 valence electrons. The van der Waals surface area contributed by atoms with Crippen LogP contribution in [0.3, 0.4) is 0 Å². The molecule has 1 aromatic carbocycles. The maximum absolute atomic E-state index is 2.89. The fraction of sp³-hybridized carbons (Fsp3) is 0.100. The van der Waals surface area contributed by atoms with E-state index in [1.165, 1.54) is 0 Å². The first kappa shape index (κ1) is 6.77. The van der Waals surface area contributed by atoms with E-state index in [1.54, 1.807) is 0 Å². The van der Waals surface area contributed by atoms with Gasteiger partial charge in [0, 0.05) is 30.9 Å². The van der Waals surface area contributed by atoms with Gasteiger partial charge >= 0.3 is 0 Å². The van der Waals surface area contributed by atoms with Crippen LogP contribution in [0.25, 0.3) is 0 Å². The molecule has 0 unspecified atom stereocenters. The smallest absolute Gasteiger partial charge is 0.0425 e. The molecule has 0 aliphatic heterocycles. The zero-order chi connectivity index (χ0) is 7.23. The van der Waals surface area contributed by atoms with Crippen molar-refractivity contribution >= 4 is 0 Å². The van der Waals surface area contributed by atoms with Crippen LogP contribution in [0.5, 0.6) is 0 Å². The molecule has 0 N–H and O–H groups in total. The highest BCUT2D eigenvalue weighted by molar-refractivity contribution is 5.31. The molecule has 0 heteroatoms. The van der Waals surface area contributed by atoms with E-state index in [9.17, 15) is 0 Å². The molecule has 0 fully saturated rings. The summed E-state index contributed by atoms with van der Waals surface area (Å²) in [7, 11) is 0. The summed E-state index contributed by atoms with van der Waals surface area (Å²) in [5, 5.41) is 0. The summed E-state index contributed by atoms with van der Waals surface area (Å²) in [5.74, 6) is 5.70. The van der Waals surface area contributed by atoms with E-state index in [4.69, 9.17) is 0 Å². The van der Waals surface area contributed by atoms with Crippen LogP contribution >= 0.6 is 0 Å². The topological polar surface area (TPSA) is 0 Å². The second kappa shape index (κ2) is 3.63. The van der Waals surface area contributed by atoms with Crippen LogP contribution in [-0.2, 0) is 0 Å². The molecule has 1 rings (SSSR count). The van der Waals surface area contributed by atoms with Crippen molar-refractivity contribution in [2.45, 2.75) is 6.92 Å². The first-order chi connectivity index (χ1) is 4.93. The number of hydrogen-bond donors (Lipinski definition) is 0. The zero-order valence-electron chi connectivity index (χ0n) is 5.96. The van der Waals surface area contributed by atoms with Gasteiger partial charge in [-0.1, -0.05) is 0 Å². The van der Waals surface area contributed by atoms with Gasteiger partial charge in [-0.25, -0.2) is 0 Å². The Morgan fingerprint density at radius 2 is 1.90 bits per heavy atom. The Labute approximate surface area is 61.9 Å². The van der Waals surface area contributed by atoms with Crippen LogP contribution in [0.15, 0.2) is 30.3 Å². The summed E-state index contributed by atoms with van der Waals surface area (Å²) >= 11 is 0. The van der Waals surface area contributed by atoms with Gasteiger partial charge in [-0.3, -0.25) is 0 Å². The predicted octanol–water partition coefficient (Wildman–Crippen LogP) is 2.26. The monoisotopic (exact) mass is 129 g/mol. The third-order valence-corrected chi connectivity index (χ3v) is 1.18. The molecular formula is C10H9+. The van der Waals surface area contributed by atoms with Crippen molar-refractivity contribution in [3.8, 4) is 11.8 Å². The Morgan fingerprint density at radius 1 is 1.20 bits per heavy atom. The van der Waals surface area contributed by atoms with Gasteiger partial charge in [-0.05, 0) is 18.2 Å². The minimum absolute atomic E-state index is 1.16. The van der Waals surface area contributed by atoms with Gasteiger partial charge in [-0.15, -0.1) is 0 Å². The molecule has 10 heavy (non-hydrogen) atoms. The zero-order valence-corrected chi connectivity index (χ0v) is 5.96. The fourth-order valence-corrected chi connectivity index (χ4v) is 0.705. The van der Waals surface area contributed by atoms with Crippen LogP contribution in [0.1, 0.15) is 12.5 Å². The first-order valence-electron chi connectivity index (χ1n) is 3.24. The lowest BCUT2D eigenvalue weighted by Crippen LogP contribution is -1.74. The van der Waals surface area contributed by atoms with Crippen LogP contribution in [0.4, 0.5) is 0 Å². The van der Waals surface area contributed by atoms with Crippen molar-refractivity contribution in [1.82, 2.24) is 0 Å². The van der Waals surface area contributed by atoms with E-state index in [0.717, 1.165) is 5.56 Å². The second-order valence-electron chi connectivity index (χ2n) is 1.95. The summed E-state index contributed by atoms with van der Waals surface area (Å²) in [5.41, 5.74) is 1.16. The molecule has 0 aliphatic rings. The minimum Gasteiger partial charge on any atom is -0.0425 e. The summed E-state index contributed by atoms with van der Waals surface area (Å²) in [4.78, 5) is 0. The van der Waals surface area contributed by atoms with Gasteiger partial charge < -0.3 is 0 Å². The average molecular weight is 129 g/mol. The molecule has 0 aliphatic carbocycles. The van der Waals surface area contributed by atoms with Gasteiger partial charge in [0.15, 0.2) is 0 Å². The molecule has 0 saturated heterocycles. The standard InChI is InChI=1S/C10H9/c1-2-3-7-10-8-5-4-6-9-10/h4-9H,1H3/q+1. The molecule has 0 bridgehead atoms. The van der Waals surface area contributed by atoms with Crippen LogP contribution in [0, 0.1) is 18.3 Å². The molecular weight excluding hydrogens is 120 g/mol. The number of hydrogen-bond acceptors (Lipinski definition) is 0. The van der Waals surface area contributed by atoms with Gasteiger partial charge in [0.1, 0.15) is 5.56 Å². The summed E-state index contributed by atoms with van der Waals surface area (Å²) in [6.07, 6.45) is 1.90. The fourth-order valence-electron chi connectivity index (χ4n) is 0.705. The molecule has 0 nitrogen and oxygen atoms in total. The van der Waals surface area contributed by atoms with Gasteiger partial charge in [-0.2, -0.15) is 0 Å². The lowest BCUT2D eigenvalue weighted by Gasteiger charge is -1.81. The van der Waals surface area contributed by atoms with Crippen molar-refractivity contribution in [3.05, 3.63) is 42.3 Å². The molecule has 1 aromatic rings. The summed E-state index contributed by atoms with van der Waals surface area (Å²) in [6.45, 7) is 1.83. The molecule has 0 amide bonds. The van der Waals surface area contributed by atoms with Crippen molar-refractivity contribution in [1.29, 1.82) is 0 Å². The maximum atomic E-state index is 2.89. The highest BCUT2D eigenvalue weighted by atomic mass is 13.9. The van der Waals surface area contributed by atoms with E-state index in [2.05, 4.69) is 11.8 Å². The molecule has 0 saturated carbocycles. The summed E-state index contributed by atoms with van der Waals surface area (Å²) < 4.78 is 0. The number of benzene rings is 1. The Bertz CT molecular complexity index is 236. The van der Waals surface area contributed by atoms with Crippen LogP contribution < -0.4 is 0 Å². The second-order valence-corrected chi connectivity index (χ2v) is 1.95. The SMILES string of the molecule is CC#C[CH+]c1ccccc1. The molecule has 0 aromatic heterocycles. The molecule has 0 atom stereocenters. The van der Waals surface area contributed by atoms with Gasteiger partial charge in [0.2, 0.25) is 0 Å². The van der Waals surface area contributed by atoms with Crippen LogP contribution in [-0.4, -0.2) is 0 Å². The number of rotatable bonds is 1. The predicted molar refractivity (Wildman–Crippen MR) is 43.3 cm³/mol. The third-order valence-electron chi connectivity index (χ3n) is 1.18. The molecule has 0 radical (unpaired) electrons. The van der Waals surface area contributed by atoms with E-state index < -0.39 is 0 Å². The van der Waals surface area contributed by atoms with Crippen molar-refractivity contribution in [2.75, 3.05) is 0 Å². The van der Waals surface area contributed by atoms with E-state index in [1.807, 2.05) is 43.7 Å². The van der Waals surface area contributed by atoms with Crippen LogP contribution in [0.2, 0.25) is 0 Å². The van der Waals surface area contributed by atoms with Crippen molar-refractivity contribution in [3.63, 3.8) is 0 Å². The minimum atomic E-state index is 1.16. The highest BCUT2D eigenvalue weighted by Crippen LogP contribution is 1.99. The van der Waals surface area contributed by atoms with E-state index in [0.29, 0.717) is 0 Å². The summed E-state index contributed by atoms with van der Waals surface area (Å²) in [6, 6.07) is 10.1. The molecule has 0 spiro atoms. The lowest BCUT2D eigenvalue weighted by molar-refractivity contribution is 1.55. The Hall–Kier alpha value is -1.35. The van der Waals surface area contributed by atoms with Crippen molar-refractivity contribution < 1.29 is 0 Å². The van der Waals surface area contributed by atoms with E-state index in [-0.39, 0.29) is 0 Å². The van der Waals surface area contributed by atoms with Gasteiger partial charge in [0.05, 0.1) is 6.42 Å². The Balaban J connectivity index is 2.64. The first-order valence-corrected chi connectivity index (χ1v) is 3.24. The lowest BCUT2D eigenvalue weighted by atomic mass is 10.2. The Kier molecular flexibility index (Phi) is 2.46. The quantitative estimate of drug-likeness (QED) is 0.403. The van der Waals surface area contributed by atoms with Crippen molar-refractivity contribution in [2.24, 2.45) is 0 Å². The molecule has 0 heterocycles. The highest BCUT2D eigenvalue weighted by Gasteiger charge is 1.92. The average Bonchev–Trinajstić information content (AvgIpc) is 2.03. The van der Waals surface area contributed by atoms with Gasteiger partial charge in [0.25, 0.3) is 0 Å².